The second-order valence-electron chi connectivity index (χ2n) is 48.1. The molecule has 8 rings (SSSR count). The Bertz CT molecular complexity index is 3030. The maximum atomic E-state index is 12.2. The maximum absolute atomic E-state index is 12.2. The summed E-state index contributed by atoms with van der Waals surface area (Å²) in [7, 11) is -2.98. The molecule has 8 N–H and O–H groups in total. The lowest BCUT2D eigenvalue weighted by Gasteiger charge is -2.34. The van der Waals surface area contributed by atoms with Crippen molar-refractivity contribution in [2.24, 2.45) is 47.3 Å². The number of nitrogens with zero attached hydrogens (tertiary/aromatic N) is 8. The van der Waals surface area contributed by atoms with E-state index in [0.29, 0.717) is 57.8 Å². The highest BCUT2D eigenvalue weighted by molar-refractivity contribution is 7.88. The minimum Gasteiger partial charge on any atom is -0.450 e. The van der Waals surface area contributed by atoms with Gasteiger partial charge in [-0.05, 0) is 447 Å². The van der Waals surface area contributed by atoms with Crippen molar-refractivity contribution in [2.75, 3.05) is 196 Å². The molecule has 0 aromatic rings. The van der Waals surface area contributed by atoms with E-state index in [1.807, 2.05) is 40.4 Å². The van der Waals surface area contributed by atoms with E-state index < -0.39 is 10.0 Å². The lowest BCUT2D eigenvalue weighted by Crippen LogP contribution is -2.51. The molecule has 1 atom stereocenters. The molecule has 8 aliphatic heterocycles. The van der Waals surface area contributed by atoms with Crippen LogP contribution >= 0.6 is 0 Å². The van der Waals surface area contributed by atoms with Gasteiger partial charge in [-0.3, -0.25) is 19.2 Å². The van der Waals surface area contributed by atoms with Crippen molar-refractivity contribution in [3.05, 3.63) is 0 Å². The number of hydrogen-bond acceptors (Lipinski definition) is 19. The van der Waals surface area contributed by atoms with Crippen LogP contribution in [-0.2, 0) is 38.7 Å². The minimum atomic E-state index is -2.98. The van der Waals surface area contributed by atoms with Crippen LogP contribution in [0.3, 0.4) is 0 Å². The molecule has 25 nitrogen and oxygen atoms in total. The summed E-state index contributed by atoms with van der Waals surface area (Å²) in [5, 5.41) is 28.0. The lowest BCUT2D eigenvalue weighted by atomic mass is 9.92. The van der Waals surface area contributed by atoms with E-state index >= 15 is 0 Å². The number of carbonyl (C=O) groups is 5. The van der Waals surface area contributed by atoms with Gasteiger partial charge in [-0.25, -0.2) is 21.9 Å². The van der Waals surface area contributed by atoms with Crippen LogP contribution in [0.15, 0.2) is 0 Å². The summed E-state index contributed by atoms with van der Waals surface area (Å²) in [6.45, 7) is 88.5. The van der Waals surface area contributed by atoms with Crippen molar-refractivity contribution < 1.29 is 46.3 Å². The van der Waals surface area contributed by atoms with Crippen molar-refractivity contribution in [2.45, 2.75) is 405 Å². The van der Waals surface area contributed by atoms with Crippen LogP contribution in [0.25, 0.3) is 0 Å². The quantitative estimate of drug-likeness (QED) is 0.0220. The van der Waals surface area contributed by atoms with E-state index in [1.54, 1.807) is 16.1 Å². The first-order chi connectivity index (χ1) is 61.3. The molecule has 27 heteroatoms. The highest BCUT2D eigenvalue weighted by Crippen LogP contribution is 2.28. The van der Waals surface area contributed by atoms with Gasteiger partial charge >= 0.3 is 6.09 Å². The fourth-order valence-corrected chi connectivity index (χ4v) is 18.5. The van der Waals surface area contributed by atoms with E-state index in [4.69, 9.17) is 9.47 Å². The molecular weight excluding hydrogens is 1680 g/mol. The van der Waals surface area contributed by atoms with Gasteiger partial charge in [0, 0.05) is 142 Å². The number of alkyl halides is 1. The number of hydrogen-bond donors (Lipinski definition) is 8. The summed E-state index contributed by atoms with van der Waals surface area (Å²) in [6.07, 6.45) is 32.6. The topological polar surface area (TPSA) is 260 Å². The van der Waals surface area contributed by atoms with Gasteiger partial charge in [0.2, 0.25) is 34.7 Å². The number of carbonyl (C=O) groups excluding carboxylic acids is 5. The molecule has 782 valence electrons. The Hall–Kier alpha value is -3.45. The maximum Gasteiger partial charge on any atom is 0.409 e. The number of amides is 5. The third-order valence-corrected chi connectivity index (χ3v) is 27.4. The van der Waals surface area contributed by atoms with Crippen molar-refractivity contribution in [3.8, 4) is 0 Å². The van der Waals surface area contributed by atoms with E-state index in [0.717, 1.165) is 179 Å². The molecule has 0 bridgehead atoms. The second kappa shape index (κ2) is 66.3. The van der Waals surface area contributed by atoms with Crippen LogP contribution in [0.5, 0.6) is 0 Å². The third-order valence-electron chi connectivity index (χ3n) is 26.1. The van der Waals surface area contributed by atoms with Gasteiger partial charge in [-0.1, -0.05) is 20.8 Å². The van der Waals surface area contributed by atoms with Gasteiger partial charge < -0.3 is 86.3 Å². The summed E-state index contributed by atoms with van der Waals surface area (Å²) in [5.74, 6) is 6.44. The first-order valence-electron chi connectivity index (χ1n) is 52.7. The third kappa shape index (κ3) is 70.2. The molecular formula is C105H215FN16O9S. The molecule has 8 heterocycles. The zero-order valence-corrected chi connectivity index (χ0v) is 92.2. The Morgan fingerprint density at radius 1 is 0.394 bits per heavy atom. The monoisotopic (exact) mass is 1900 g/mol. The Balaban J connectivity index is 0.000000755. The normalized spacial score (nSPS) is 19.7. The van der Waals surface area contributed by atoms with E-state index in [9.17, 15) is 36.8 Å². The number of morpholine rings is 1. The zero-order chi connectivity index (χ0) is 100. The van der Waals surface area contributed by atoms with Crippen LogP contribution in [-0.4, -0.2) is 324 Å². The van der Waals surface area contributed by atoms with Gasteiger partial charge in [0.05, 0.1) is 32.1 Å². The summed E-state index contributed by atoms with van der Waals surface area (Å²) in [5.41, 5.74) is 1.66. The average Bonchev–Trinajstić information content (AvgIpc) is 0.869. The minimum absolute atomic E-state index is 0.0485. The molecule has 0 unspecified atom stereocenters. The van der Waals surface area contributed by atoms with E-state index in [-0.39, 0.29) is 75.0 Å². The smallest absolute Gasteiger partial charge is 0.409 e. The average molecular weight is 1900 g/mol. The fraction of sp³-hybridized carbons (Fsp3) is 0.952. The van der Waals surface area contributed by atoms with Crippen LogP contribution in [0.1, 0.15) is 355 Å². The highest BCUT2D eigenvalue weighted by Gasteiger charge is 2.31. The number of ether oxygens (including phenoxy) is 2. The van der Waals surface area contributed by atoms with Gasteiger partial charge in [0.1, 0.15) is 6.67 Å². The number of sulfonamides is 1. The van der Waals surface area contributed by atoms with Crippen molar-refractivity contribution >= 4 is 40.8 Å². The molecule has 0 spiro atoms. The highest BCUT2D eigenvalue weighted by atomic mass is 32.2. The van der Waals surface area contributed by atoms with Crippen LogP contribution in [0.4, 0.5) is 9.18 Å². The summed E-state index contributed by atoms with van der Waals surface area (Å²) in [6, 6.07) is 0. The molecule has 8 aliphatic rings. The van der Waals surface area contributed by atoms with Crippen molar-refractivity contribution in [1.29, 1.82) is 0 Å². The van der Waals surface area contributed by atoms with E-state index in [2.05, 4.69) is 225 Å². The predicted octanol–water partition coefficient (Wildman–Crippen LogP) is 16.7. The zero-order valence-electron chi connectivity index (χ0n) is 91.4. The molecule has 0 aliphatic carbocycles. The second-order valence-corrected chi connectivity index (χ2v) is 50.1. The molecule has 0 aromatic heterocycles. The summed E-state index contributed by atoms with van der Waals surface area (Å²) < 4.78 is 47.1. The van der Waals surface area contributed by atoms with Crippen molar-refractivity contribution in [1.82, 2.24) is 81.1 Å². The number of rotatable bonds is 34. The lowest BCUT2D eigenvalue weighted by molar-refractivity contribution is -0.136. The summed E-state index contributed by atoms with van der Waals surface area (Å²) in [4.78, 5) is 70.0. The molecule has 0 radical (unpaired) electrons. The van der Waals surface area contributed by atoms with E-state index in [1.165, 1.54) is 167 Å². The molecule has 5 amide bonds. The van der Waals surface area contributed by atoms with Crippen LogP contribution in [0.2, 0.25) is 0 Å². The SMILES string of the molecule is CC(=O)N1CCC(CCNC(C)(C)C)CC1.CC(C)(C)NCCC1CCN(C=O)CC1.CC(C)(C)NCCC1CCN(S(C)(=O)=O)CC1.CC(C)(C)NCCCC1CCN(C=O)CC1.CC(C)(C)NCCCC1CCN(CCF)CC1.CC(C)C(=O)N1CCC(CCNC(C)(C)C)CC1.CCN1CCC(CCCNC(C)(C)C)CC1.CCOC(=O)N1CCO[C@@H](CNC(C)(C)C)C1. The van der Waals surface area contributed by atoms with Crippen LogP contribution in [0, 0.1) is 47.3 Å². The molecule has 8 fully saturated rings. The van der Waals surface area contributed by atoms with Crippen molar-refractivity contribution in [3.63, 3.8) is 0 Å². The number of likely N-dealkylation sites (tertiary alicyclic amines) is 6. The van der Waals surface area contributed by atoms with Gasteiger partial charge in [-0.15, -0.1) is 0 Å². The molecule has 0 saturated carbocycles. The van der Waals surface area contributed by atoms with Gasteiger partial charge in [0.15, 0.2) is 0 Å². The Morgan fingerprint density at radius 3 is 0.962 bits per heavy atom. The Labute approximate surface area is 812 Å². The van der Waals surface area contributed by atoms with Crippen LogP contribution < -0.4 is 42.5 Å². The molecule has 8 saturated heterocycles. The standard InChI is InChI=1S/C15H30N2O.C14H29FN2.C14H30N2.2C13H26N2O.C12H24N2O3.C12H26N2O2S.C12H24N2O/c1-12(2)14(18)17-10-7-13(8-11-17)6-9-16-15(3,4)5;1-14(2,3)16-9-4-5-13-6-10-17(11-7-13)12-8-15;1-5-16-11-8-13(9-12-16)7-6-10-15-14(2,3)4;1-11(16)15-9-6-12(7-10-15)5-8-14-13(2,3)4;1-13(2,3)14-8-4-5-12-6-9-15(11-16)10-7-12;1-5-16-11(15)14-6-7-17-10(9-14)8-13-12(2,3)4;1-12(2,3)13-8-5-11-6-9-14(10-7-11)17(4,15)16;1-12(2,3)13-7-4-11-5-8-14(10-15)9-6-11/h12-13,16H,6-11H2,1-5H3;13,16H,4-12H2,1-3H3;13,15H,5-12H2,1-4H3;12,14H,5-10H2,1-4H3;11-12,14H,4-10H2,1-3H3;10,13H,5-9H2,1-4H3;11,13H,5-10H2,1-4H3;10-11,13H,4-9H2,1-3H3/t;;;;;10-;;/m.....0../s1. The number of halogens is 1. The fourth-order valence-electron chi connectivity index (χ4n) is 17.6. The number of nitrogens with one attached hydrogen (secondary N) is 8. The molecule has 132 heavy (non-hydrogen) atoms. The van der Waals surface area contributed by atoms with Gasteiger partial charge in [0.25, 0.3) is 0 Å². The largest absolute Gasteiger partial charge is 0.450 e. The first kappa shape index (κ1) is 127. The first-order valence-corrected chi connectivity index (χ1v) is 54.6. The summed E-state index contributed by atoms with van der Waals surface area (Å²) >= 11 is 0. The predicted molar refractivity (Wildman–Crippen MR) is 556 cm³/mol. The Kier molecular flexibility index (Phi) is 63.6. The molecule has 0 aromatic carbocycles. The Morgan fingerprint density at radius 2 is 0.682 bits per heavy atom. The van der Waals surface area contributed by atoms with Gasteiger partial charge in [-0.2, -0.15) is 0 Å². The number of piperidine rings is 7.